The van der Waals surface area contributed by atoms with Gasteiger partial charge in [0.1, 0.15) is 5.39 Å². The highest BCUT2D eigenvalue weighted by Crippen LogP contribution is 2.29. The van der Waals surface area contributed by atoms with Crippen LogP contribution < -0.4 is 11.1 Å². The van der Waals surface area contributed by atoms with Crippen molar-refractivity contribution in [2.24, 2.45) is 0 Å². The third kappa shape index (κ3) is 1.75. The lowest BCUT2D eigenvalue weighted by Gasteiger charge is -2.09. The number of aromatic nitrogens is 4. The molecule has 0 amide bonds. The average molecular weight is 312 g/mol. The Morgan fingerprint density at radius 2 is 2.09 bits per heavy atom. The Balaban J connectivity index is 2.09. The minimum Gasteiger partial charge on any atom is -0.321 e. The number of H-pyrrole nitrogens is 3. The summed E-state index contributed by atoms with van der Waals surface area (Å²) in [4.78, 5) is 26.9. The molecule has 0 radical (unpaired) electrons. The molecule has 6 nitrogen and oxygen atoms in total. The molecule has 7 heteroatoms. The van der Waals surface area contributed by atoms with E-state index in [1.54, 1.807) is 6.20 Å². The normalized spacial score (nSPS) is 11.5. The van der Waals surface area contributed by atoms with E-state index in [1.165, 1.54) is 11.5 Å². The van der Waals surface area contributed by atoms with Crippen LogP contribution in [0.25, 0.3) is 32.2 Å². The topological polar surface area (TPSA) is 94.4 Å². The van der Waals surface area contributed by atoms with Gasteiger partial charge in [-0.05, 0) is 29.7 Å². The first-order valence-corrected chi connectivity index (χ1v) is 7.70. The van der Waals surface area contributed by atoms with Crippen LogP contribution in [-0.4, -0.2) is 19.6 Å². The van der Waals surface area contributed by atoms with Gasteiger partial charge < -0.3 is 4.98 Å². The minimum atomic E-state index is -0.350. The summed E-state index contributed by atoms with van der Waals surface area (Å²) in [7, 11) is 0. The molecule has 0 fully saturated rings. The van der Waals surface area contributed by atoms with Gasteiger partial charge in [0.05, 0.1) is 22.1 Å². The summed E-state index contributed by atoms with van der Waals surface area (Å²) in [5.41, 5.74) is 2.91. The number of pyridine rings is 1. The third-order valence-electron chi connectivity index (χ3n) is 3.82. The lowest BCUT2D eigenvalue weighted by molar-refractivity contribution is 1.12. The van der Waals surface area contributed by atoms with Gasteiger partial charge in [0.25, 0.3) is 11.1 Å². The maximum atomic E-state index is 12.2. The smallest absolute Gasteiger partial charge is 0.271 e. The first-order valence-electron chi connectivity index (χ1n) is 6.89. The minimum absolute atomic E-state index is 0.218. The van der Waals surface area contributed by atoms with Gasteiger partial charge in [0.2, 0.25) is 0 Å². The first-order chi connectivity index (χ1) is 10.7. The molecule has 0 aliphatic carbocycles. The van der Waals surface area contributed by atoms with Gasteiger partial charge in [-0.25, -0.2) is 0 Å². The molecule has 0 aliphatic rings. The fourth-order valence-electron chi connectivity index (χ4n) is 2.77. The van der Waals surface area contributed by atoms with Crippen molar-refractivity contribution in [1.29, 1.82) is 0 Å². The van der Waals surface area contributed by atoms with Gasteiger partial charge in [0, 0.05) is 5.39 Å². The van der Waals surface area contributed by atoms with E-state index in [0.29, 0.717) is 0 Å². The number of rotatable bonds is 2. The quantitative estimate of drug-likeness (QED) is 0.530. The van der Waals surface area contributed by atoms with Crippen molar-refractivity contribution in [3.8, 4) is 11.3 Å². The average Bonchev–Trinajstić information content (AvgIpc) is 3.13. The Morgan fingerprint density at radius 1 is 1.23 bits per heavy atom. The maximum Gasteiger partial charge on any atom is 0.271 e. The SMILES string of the molecule is CCc1c(-c2ccc3[nH]ncc3c2)[nH]c(=O)c2c(=O)[nH]sc12. The molecule has 0 atom stereocenters. The Labute approximate surface area is 128 Å². The predicted molar refractivity (Wildman–Crippen MR) is 87.5 cm³/mol. The second-order valence-corrected chi connectivity index (χ2v) is 5.89. The summed E-state index contributed by atoms with van der Waals surface area (Å²) in [5, 5.41) is 8.11. The Hall–Kier alpha value is -2.67. The van der Waals surface area contributed by atoms with Crippen LogP contribution in [0.4, 0.5) is 0 Å². The highest BCUT2D eigenvalue weighted by atomic mass is 32.1. The Bertz CT molecular complexity index is 1120. The number of aryl methyl sites for hydroxylation is 1. The van der Waals surface area contributed by atoms with Crippen molar-refractivity contribution >= 4 is 32.5 Å². The van der Waals surface area contributed by atoms with Crippen LogP contribution in [0, 0.1) is 0 Å². The lowest BCUT2D eigenvalue weighted by atomic mass is 10.0. The fraction of sp³-hybridized carbons (Fsp3) is 0.133. The molecule has 110 valence electrons. The van der Waals surface area contributed by atoms with Gasteiger partial charge in [0.15, 0.2) is 0 Å². The molecule has 4 aromatic rings. The van der Waals surface area contributed by atoms with E-state index < -0.39 is 0 Å². The van der Waals surface area contributed by atoms with Gasteiger partial charge in [-0.3, -0.25) is 19.1 Å². The van der Waals surface area contributed by atoms with Crippen LogP contribution in [0.2, 0.25) is 0 Å². The molecular formula is C15H12N4O2S. The molecular weight excluding hydrogens is 300 g/mol. The Kier molecular flexibility index (Phi) is 2.77. The number of benzene rings is 1. The predicted octanol–water partition coefficient (Wildman–Crippen LogP) is 2.38. The van der Waals surface area contributed by atoms with E-state index in [4.69, 9.17) is 0 Å². The monoisotopic (exact) mass is 312 g/mol. The van der Waals surface area contributed by atoms with Crippen molar-refractivity contribution in [1.82, 2.24) is 19.6 Å². The zero-order chi connectivity index (χ0) is 15.3. The number of fused-ring (bicyclic) bond motifs is 2. The second-order valence-electron chi connectivity index (χ2n) is 5.07. The fourth-order valence-corrected chi connectivity index (χ4v) is 3.72. The van der Waals surface area contributed by atoms with Crippen LogP contribution in [0.3, 0.4) is 0 Å². The van der Waals surface area contributed by atoms with Gasteiger partial charge in [-0.1, -0.05) is 24.5 Å². The van der Waals surface area contributed by atoms with Crippen molar-refractivity contribution in [3.05, 3.63) is 50.7 Å². The van der Waals surface area contributed by atoms with E-state index in [9.17, 15) is 9.59 Å². The van der Waals surface area contributed by atoms with Crippen LogP contribution in [0.15, 0.2) is 34.0 Å². The molecule has 0 spiro atoms. The van der Waals surface area contributed by atoms with Crippen LogP contribution in [-0.2, 0) is 6.42 Å². The number of nitrogens with one attached hydrogen (secondary N) is 3. The highest BCUT2D eigenvalue weighted by molar-refractivity contribution is 7.13. The van der Waals surface area contributed by atoms with Crippen molar-refractivity contribution in [2.45, 2.75) is 13.3 Å². The van der Waals surface area contributed by atoms with Crippen molar-refractivity contribution < 1.29 is 0 Å². The zero-order valence-corrected chi connectivity index (χ0v) is 12.5. The number of aromatic amines is 3. The standard InChI is InChI=1S/C15H12N4O2S/c1-2-9-12(7-3-4-10-8(5-7)6-16-18-10)17-14(20)11-13(9)22-19-15(11)21/h3-6H,2H2,1H3,(H,16,18)(H,17,20)(H,19,21). The molecule has 0 bridgehead atoms. The molecule has 0 saturated heterocycles. The molecule has 3 N–H and O–H groups in total. The van der Waals surface area contributed by atoms with Crippen LogP contribution in [0.1, 0.15) is 12.5 Å². The highest BCUT2D eigenvalue weighted by Gasteiger charge is 2.16. The molecule has 0 unspecified atom stereocenters. The molecule has 3 heterocycles. The molecule has 0 aliphatic heterocycles. The Morgan fingerprint density at radius 3 is 2.91 bits per heavy atom. The number of nitrogens with zero attached hydrogens (tertiary/aromatic N) is 1. The summed E-state index contributed by atoms with van der Waals surface area (Å²) in [6.07, 6.45) is 2.47. The molecule has 22 heavy (non-hydrogen) atoms. The van der Waals surface area contributed by atoms with E-state index in [2.05, 4.69) is 19.6 Å². The number of hydrogen-bond acceptors (Lipinski definition) is 4. The van der Waals surface area contributed by atoms with E-state index >= 15 is 0 Å². The summed E-state index contributed by atoms with van der Waals surface area (Å²) < 4.78 is 3.38. The van der Waals surface area contributed by atoms with Gasteiger partial charge >= 0.3 is 0 Å². The third-order valence-corrected chi connectivity index (χ3v) is 4.77. The van der Waals surface area contributed by atoms with Crippen LogP contribution >= 0.6 is 11.5 Å². The van der Waals surface area contributed by atoms with Crippen molar-refractivity contribution in [3.63, 3.8) is 0 Å². The van der Waals surface area contributed by atoms with Crippen molar-refractivity contribution in [2.75, 3.05) is 0 Å². The molecule has 1 aromatic carbocycles. The van der Waals surface area contributed by atoms with Gasteiger partial charge in [-0.2, -0.15) is 5.10 Å². The molecule has 4 rings (SSSR count). The zero-order valence-electron chi connectivity index (χ0n) is 11.7. The van der Waals surface area contributed by atoms with E-state index in [-0.39, 0.29) is 16.5 Å². The van der Waals surface area contributed by atoms with Crippen LogP contribution in [0.5, 0.6) is 0 Å². The maximum absolute atomic E-state index is 12.2. The van der Waals surface area contributed by atoms with E-state index in [0.717, 1.165) is 38.8 Å². The largest absolute Gasteiger partial charge is 0.321 e. The number of hydrogen-bond donors (Lipinski definition) is 3. The second kappa shape index (κ2) is 4.67. The summed E-state index contributed by atoms with van der Waals surface area (Å²) in [6.45, 7) is 2.01. The summed E-state index contributed by atoms with van der Waals surface area (Å²) >= 11 is 1.22. The summed E-state index contributed by atoms with van der Waals surface area (Å²) in [6, 6.07) is 5.84. The van der Waals surface area contributed by atoms with Gasteiger partial charge in [-0.15, -0.1) is 0 Å². The summed E-state index contributed by atoms with van der Waals surface area (Å²) in [5.74, 6) is 0. The van der Waals surface area contributed by atoms with E-state index in [1.807, 2.05) is 25.1 Å². The first kappa shape index (κ1) is 13.0. The molecule has 3 aromatic heterocycles. The molecule has 0 saturated carbocycles. The lowest BCUT2D eigenvalue weighted by Crippen LogP contribution is -2.15.